The molecular weight excluding hydrogens is 771 g/mol. The normalized spacial score (nSPS) is 16.6. The number of aryl methyl sites for hydroxylation is 1. The van der Waals surface area contributed by atoms with Gasteiger partial charge in [0.1, 0.15) is 30.3 Å². The van der Waals surface area contributed by atoms with Crippen LogP contribution in [0.2, 0.25) is 0 Å². The van der Waals surface area contributed by atoms with Gasteiger partial charge in [-0.15, -0.1) is 0 Å². The molecular formula is C38H42BrN10O4P. The van der Waals surface area contributed by atoms with Gasteiger partial charge >= 0.3 is 0 Å². The number of hydrogen-bond donors (Lipinski definition) is 4. The third kappa shape index (κ3) is 8.18. The van der Waals surface area contributed by atoms with Gasteiger partial charge in [-0.25, -0.2) is 4.98 Å². The molecule has 2 fully saturated rings. The Morgan fingerprint density at radius 2 is 1.74 bits per heavy atom. The fourth-order valence-electron chi connectivity index (χ4n) is 6.92. The summed E-state index contributed by atoms with van der Waals surface area (Å²) in [5, 5.41) is 13.1. The molecule has 4 heterocycles. The first kappa shape index (κ1) is 37.2. The first-order valence-electron chi connectivity index (χ1n) is 17.7. The van der Waals surface area contributed by atoms with Crippen LogP contribution in [0.4, 0.5) is 34.5 Å². The second kappa shape index (κ2) is 15.7. The second-order valence-corrected chi connectivity index (χ2v) is 17.8. The maximum absolute atomic E-state index is 13.5. The quantitative estimate of drug-likeness (QED) is 0.0939. The first-order valence-corrected chi connectivity index (χ1v) is 21.1. The number of halogens is 1. The summed E-state index contributed by atoms with van der Waals surface area (Å²) in [5.41, 5.74) is 6.80. The Labute approximate surface area is 322 Å². The number of para-hydroxylation sites is 1. The summed E-state index contributed by atoms with van der Waals surface area (Å²) < 4.78 is 19.9. The van der Waals surface area contributed by atoms with Crippen LogP contribution in [0.3, 0.4) is 0 Å². The Morgan fingerprint density at radius 1 is 0.963 bits per heavy atom. The van der Waals surface area contributed by atoms with Crippen molar-refractivity contribution in [2.75, 3.05) is 67.5 Å². The molecule has 0 aliphatic carbocycles. The number of carbonyl (C=O) groups excluding carboxylic acids is 2. The van der Waals surface area contributed by atoms with Crippen molar-refractivity contribution in [3.63, 3.8) is 0 Å². The van der Waals surface area contributed by atoms with Crippen molar-refractivity contribution in [2.45, 2.75) is 32.4 Å². The number of ether oxygens (including phenoxy) is 1. The average Bonchev–Trinajstić information content (AvgIpc) is 3.15. The van der Waals surface area contributed by atoms with Crippen LogP contribution < -0.4 is 36.2 Å². The molecule has 2 aliphatic heterocycles. The lowest BCUT2D eigenvalue weighted by molar-refractivity contribution is -0.133. The number of nitrogens with zero attached hydrogens (tertiary/aromatic N) is 6. The molecule has 5 aromatic rings. The molecule has 1 unspecified atom stereocenters. The van der Waals surface area contributed by atoms with E-state index < -0.39 is 13.2 Å². The summed E-state index contributed by atoms with van der Waals surface area (Å²) in [4.78, 5) is 46.9. The minimum atomic E-state index is -2.77. The molecule has 14 nitrogen and oxygen atoms in total. The SMILES string of the molecule is COc1cc(N2CCN(Cc3ccccc3NC3CCC(=O)NC3=O)CC2)c(C)cc1Nc1ncc(Br)c(Nc2ccc3nccnc3c2P(C)(C)=O)n1. The molecule has 0 spiro atoms. The summed E-state index contributed by atoms with van der Waals surface area (Å²) in [5.74, 6) is 0.998. The lowest BCUT2D eigenvalue weighted by atomic mass is 10.0. The molecule has 2 aromatic heterocycles. The van der Waals surface area contributed by atoms with Gasteiger partial charge in [-0.05, 0) is 78.0 Å². The van der Waals surface area contributed by atoms with Crippen LogP contribution in [0, 0.1) is 6.92 Å². The van der Waals surface area contributed by atoms with Crippen LogP contribution in [0.15, 0.2) is 71.6 Å². The highest BCUT2D eigenvalue weighted by Gasteiger charge is 2.28. The van der Waals surface area contributed by atoms with Gasteiger partial charge in [-0.2, -0.15) is 4.98 Å². The van der Waals surface area contributed by atoms with Crippen molar-refractivity contribution in [2.24, 2.45) is 0 Å². The number of fused-ring (bicyclic) bond motifs is 1. The van der Waals surface area contributed by atoms with E-state index in [4.69, 9.17) is 9.72 Å². The third-order valence-corrected chi connectivity index (χ3v) is 11.7. The van der Waals surface area contributed by atoms with E-state index in [0.29, 0.717) is 56.9 Å². The number of carbonyl (C=O) groups is 2. The summed E-state index contributed by atoms with van der Waals surface area (Å²) >= 11 is 3.57. The molecule has 0 bridgehead atoms. The van der Waals surface area contributed by atoms with Crippen molar-refractivity contribution in [3.8, 4) is 5.75 Å². The van der Waals surface area contributed by atoms with Crippen LogP contribution in [0.5, 0.6) is 5.75 Å². The number of imide groups is 1. The Kier molecular flexibility index (Phi) is 10.8. The maximum Gasteiger partial charge on any atom is 0.249 e. The molecule has 54 heavy (non-hydrogen) atoms. The number of benzene rings is 3. The predicted octanol–water partition coefficient (Wildman–Crippen LogP) is 5.77. The molecule has 1 atom stereocenters. The Bertz CT molecular complexity index is 2280. The number of amides is 2. The molecule has 2 aliphatic rings. The minimum absolute atomic E-state index is 0.222. The molecule has 4 N–H and O–H groups in total. The standard InChI is InChI=1S/C38H42BrN10O4P/c1-23-19-30(45-38-42-21-25(39)36(47-38)44-28-10-9-27-34(41-14-13-40-27)35(28)54(3,4)52)32(53-2)20-31(23)49-17-15-48(16-18-49)22-24-7-5-6-8-26(24)43-29-11-12-33(50)46-37(29)51/h5-10,13-14,19-21,29,43H,11-12,15-18,22H2,1-4H3,(H,46,50,51)(H2,42,44,45,47). The van der Waals surface area contributed by atoms with Gasteiger partial charge < -0.3 is 30.2 Å². The number of hydrogen-bond acceptors (Lipinski definition) is 13. The second-order valence-electron chi connectivity index (χ2n) is 13.8. The van der Waals surface area contributed by atoms with Gasteiger partial charge in [-0.1, -0.05) is 18.2 Å². The summed E-state index contributed by atoms with van der Waals surface area (Å²) in [7, 11) is -1.13. The fraction of sp³-hybridized carbons (Fsp3) is 0.316. The molecule has 2 amide bonds. The summed E-state index contributed by atoms with van der Waals surface area (Å²) in [6.07, 6.45) is 5.69. The lowest BCUT2D eigenvalue weighted by Crippen LogP contribution is -2.48. The van der Waals surface area contributed by atoms with Crippen LogP contribution in [-0.2, 0) is 20.7 Å². The Hall–Kier alpha value is -5.11. The van der Waals surface area contributed by atoms with Crippen LogP contribution in [0.25, 0.3) is 11.0 Å². The highest BCUT2D eigenvalue weighted by molar-refractivity contribution is 9.10. The number of piperidine rings is 1. The number of anilines is 6. The molecule has 3 aromatic carbocycles. The van der Waals surface area contributed by atoms with Gasteiger partial charge in [0.25, 0.3) is 0 Å². The van der Waals surface area contributed by atoms with Crippen molar-refractivity contribution >= 4 is 85.7 Å². The summed E-state index contributed by atoms with van der Waals surface area (Å²) in [6.45, 7) is 9.62. The number of piperazine rings is 1. The molecule has 16 heteroatoms. The fourth-order valence-corrected chi connectivity index (χ4v) is 8.60. The first-order chi connectivity index (χ1) is 26.0. The zero-order chi connectivity index (χ0) is 38.0. The average molecular weight is 814 g/mol. The topological polar surface area (TPSA) is 167 Å². The van der Waals surface area contributed by atoms with Gasteiger partial charge in [0, 0.05) is 75.2 Å². The van der Waals surface area contributed by atoms with E-state index >= 15 is 0 Å². The van der Waals surface area contributed by atoms with E-state index in [9.17, 15) is 14.2 Å². The van der Waals surface area contributed by atoms with E-state index in [2.05, 4.69) is 74.9 Å². The molecule has 2 saturated heterocycles. The largest absolute Gasteiger partial charge is 0.494 e. The lowest BCUT2D eigenvalue weighted by Gasteiger charge is -2.37. The van der Waals surface area contributed by atoms with Crippen molar-refractivity contribution in [3.05, 3.63) is 82.7 Å². The number of aromatic nitrogens is 4. The van der Waals surface area contributed by atoms with Crippen molar-refractivity contribution in [1.82, 2.24) is 30.2 Å². The van der Waals surface area contributed by atoms with Crippen LogP contribution >= 0.6 is 23.1 Å². The number of rotatable bonds is 11. The third-order valence-electron chi connectivity index (χ3n) is 9.61. The minimum Gasteiger partial charge on any atom is -0.494 e. The summed E-state index contributed by atoms with van der Waals surface area (Å²) in [6, 6.07) is 15.4. The smallest absolute Gasteiger partial charge is 0.249 e. The van der Waals surface area contributed by atoms with Crippen molar-refractivity contribution in [1.29, 1.82) is 0 Å². The Balaban J connectivity index is 1.03. The van der Waals surface area contributed by atoms with E-state index in [1.807, 2.05) is 42.5 Å². The van der Waals surface area contributed by atoms with Gasteiger partial charge in [0.05, 0.1) is 33.8 Å². The number of methoxy groups -OCH3 is 1. The molecule has 0 saturated carbocycles. The van der Waals surface area contributed by atoms with E-state index in [0.717, 1.165) is 60.9 Å². The van der Waals surface area contributed by atoms with Crippen LogP contribution in [-0.4, -0.2) is 89.3 Å². The molecule has 7 rings (SSSR count). The van der Waals surface area contributed by atoms with Crippen molar-refractivity contribution < 1.29 is 18.9 Å². The van der Waals surface area contributed by atoms with E-state index in [1.165, 1.54) is 0 Å². The van der Waals surface area contributed by atoms with E-state index in [-0.39, 0.29) is 11.8 Å². The molecule has 0 radical (unpaired) electrons. The zero-order valence-electron chi connectivity index (χ0n) is 30.5. The monoisotopic (exact) mass is 812 g/mol. The van der Waals surface area contributed by atoms with Crippen LogP contribution in [0.1, 0.15) is 24.0 Å². The highest BCUT2D eigenvalue weighted by Crippen LogP contribution is 2.41. The highest BCUT2D eigenvalue weighted by atomic mass is 79.9. The van der Waals surface area contributed by atoms with E-state index in [1.54, 1.807) is 39.0 Å². The van der Waals surface area contributed by atoms with Gasteiger partial charge in [0.2, 0.25) is 17.8 Å². The maximum atomic E-state index is 13.5. The van der Waals surface area contributed by atoms with Gasteiger partial charge in [-0.3, -0.25) is 29.8 Å². The molecule has 280 valence electrons. The van der Waals surface area contributed by atoms with Gasteiger partial charge in [0.15, 0.2) is 0 Å². The Morgan fingerprint density at radius 3 is 2.50 bits per heavy atom. The number of nitrogens with one attached hydrogen (secondary N) is 4. The predicted molar refractivity (Wildman–Crippen MR) is 216 cm³/mol. The zero-order valence-corrected chi connectivity index (χ0v) is 33.0.